The number of rotatable bonds is 5. The lowest BCUT2D eigenvalue weighted by molar-refractivity contribution is 0.417. The minimum absolute atomic E-state index is 0.0284. The molecule has 6 nitrogen and oxygen atoms in total. The van der Waals surface area contributed by atoms with Crippen LogP contribution < -0.4 is 15.4 Å². The van der Waals surface area contributed by atoms with Gasteiger partial charge in [0.05, 0.1) is 24.7 Å². The molecule has 0 saturated carbocycles. The van der Waals surface area contributed by atoms with Gasteiger partial charge in [-0.3, -0.25) is 0 Å². The van der Waals surface area contributed by atoms with Crippen molar-refractivity contribution in [1.29, 1.82) is 0 Å². The van der Waals surface area contributed by atoms with Crippen LogP contribution in [0.25, 0.3) is 0 Å². The van der Waals surface area contributed by atoms with E-state index in [1.807, 2.05) is 0 Å². The fourth-order valence-electron chi connectivity index (χ4n) is 2.04. The standard InChI is InChI=1S/C16H12ClF2N5O/c1-25-14-5-2-9(17)6-13(14)21-15-8-20-24-16(23-15)22-12-4-3-10(18)7-11(12)19/h2-8H,1H3,(H2,21,22,23,24). The second-order valence-electron chi connectivity index (χ2n) is 4.88. The summed E-state index contributed by atoms with van der Waals surface area (Å²) in [5.41, 5.74) is 0.607. The van der Waals surface area contributed by atoms with E-state index in [1.165, 1.54) is 19.4 Å². The summed E-state index contributed by atoms with van der Waals surface area (Å²) in [4.78, 5) is 4.18. The van der Waals surface area contributed by atoms with E-state index in [2.05, 4.69) is 25.8 Å². The molecule has 0 bridgehead atoms. The molecule has 0 saturated heterocycles. The summed E-state index contributed by atoms with van der Waals surface area (Å²) in [6.07, 6.45) is 1.38. The summed E-state index contributed by atoms with van der Waals surface area (Å²) in [6.45, 7) is 0. The summed E-state index contributed by atoms with van der Waals surface area (Å²) in [6, 6.07) is 8.18. The number of anilines is 4. The molecule has 128 valence electrons. The third kappa shape index (κ3) is 4.10. The zero-order valence-corrected chi connectivity index (χ0v) is 13.7. The first-order valence-corrected chi connectivity index (χ1v) is 7.45. The number of aromatic nitrogens is 3. The maximum absolute atomic E-state index is 13.7. The van der Waals surface area contributed by atoms with Crippen LogP contribution in [0.2, 0.25) is 5.02 Å². The number of methoxy groups -OCH3 is 1. The molecule has 0 amide bonds. The fourth-order valence-corrected chi connectivity index (χ4v) is 2.22. The van der Waals surface area contributed by atoms with Gasteiger partial charge in [0.1, 0.15) is 17.4 Å². The topological polar surface area (TPSA) is 72.0 Å². The highest BCUT2D eigenvalue weighted by Crippen LogP contribution is 2.30. The van der Waals surface area contributed by atoms with E-state index in [4.69, 9.17) is 16.3 Å². The van der Waals surface area contributed by atoms with Crippen LogP contribution in [0.15, 0.2) is 42.6 Å². The first-order valence-electron chi connectivity index (χ1n) is 7.07. The second kappa shape index (κ2) is 7.27. The largest absolute Gasteiger partial charge is 0.495 e. The number of hydrogen-bond donors (Lipinski definition) is 2. The van der Waals surface area contributed by atoms with Crippen LogP contribution in [0.5, 0.6) is 5.75 Å². The number of halogens is 3. The molecule has 0 radical (unpaired) electrons. The highest BCUT2D eigenvalue weighted by Gasteiger charge is 2.09. The van der Waals surface area contributed by atoms with Crippen LogP contribution in [0, 0.1) is 11.6 Å². The van der Waals surface area contributed by atoms with Crippen molar-refractivity contribution in [3.05, 3.63) is 59.3 Å². The van der Waals surface area contributed by atoms with Crippen molar-refractivity contribution in [1.82, 2.24) is 15.2 Å². The SMILES string of the molecule is COc1ccc(Cl)cc1Nc1cnnc(Nc2ccc(F)cc2F)n1. The van der Waals surface area contributed by atoms with E-state index < -0.39 is 11.6 Å². The fraction of sp³-hybridized carbons (Fsp3) is 0.0625. The first kappa shape index (κ1) is 16.8. The lowest BCUT2D eigenvalue weighted by atomic mass is 10.3. The Morgan fingerprint density at radius 1 is 1.04 bits per heavy atom. The zero-order chi connectivity index (χ0) is 17.8. The molecule has 25 heavy (non-hydrogen) atoms. The molecule has 0 fully saturated rings. The molecule has 0 unspecified atom stereocenters. The van der Waals surface area contributed by atoms with Crippen LogP contribution in [0.4, 0.5) is 31.9 Å². The number of nitrogens with zero attached hydrogens (tertiary/aromatic N) is 3. The summed E-state index contributed by atoms with van der Waals surface area (Å²) < 4.78 is 31.9. The van der Waals surface area contributed by atoms with Gasteiger partial charge in [-0.05, 0) is 30.3 Å². The predicted molar refractivity (Wildman–Crippen MR) is 90.8 cm³/mol. The maximum Gasteiger partial charge on any atom is 0.249 e. The van der Waals surface area contributed by atoms with Crippen molar-refractivity contribution in [2.24, 2.45) is 0 Å². The monoisotopic (exact) mass is 363 g/mol. The van der Waals surface area contributed by atoms with Crippen molar-refractivity contribution in [2.75, 3.05) is 17.7 Å². The van der Waals surface area contributed by atoms with Crippen molar-refractivity contribution >= 4 is 34.7 Å². The van der Waals surface area contributed by atoms with Gasteiger partial charge in [-0.15, -0.1) is 5.10 Å². The van der Waals surface area contributed by atoms with E-state index >= 15 is 0 Å². The van der Waals surface area contributed by atoms with Crippen molar-refractivity contribution in [3.63, 3.8) is 0 Å². The summed E-state index contributed by atoms with van der Waals surface area (Å²) >= 11 is 5.98. The lowest BCUT2D eigenvalue weighted by Crippen LogP contribution is -2.04. The minimum Gasteiger partial charge on any atom is -0.495 e. The number of nitrogens with one attached hydrogen (secondary N) is 2. The Hall–Kier alpha value is -3.00. The molecule has 2 aromatic carbocycles. The molecule has 2 N–H and O–H groups in total. The van der Waals surface area contributed by atoms with Crippen molar-refractivity contribution in [3.8, 4) is 5.75 Å². The van der Waals surface area contributed by atoms with Crippen molar-refractivity contribution in [2.45, 2.75) is 0 Å². The van der Waals surface area contributed by atoms with Gasteiger partial charge >= 0.3 is 0 Å². The van der Waals surface area contributed by atoms with E-state index in [1.54, 1.807) is 18.2 Å². The highest BCUT2D eigenvalue weighted by molar-refractivity contribution is 6.31. The number of benzene rings is 2. The molecule has 0 spiro atoms. The Bertz CT molecular complexity index is 909. The van der Waals surface area contributed by atoms with Gasteiger partial charge in [0, 0.05) is 11.1 Å². The second-order valence-corrected chi connectivity index (χ2v) is 5.32. The molecular formula is C16H12ClF2N5O. The molecule has 1 heterocycles. The van der Waals surface area contributed by atoms with Gasteiger partial charge in [-0.1, -0.05) is 11.6 Å². The van der Waals surface area contributed by atoms with E-state index in [-0.39, 0.29) is 11.6 Å². The normalized spacial score (nSPS) is 10.4. The van der Waals surface area contributed by atoms with E-state index in [0.717, 1.165) is 12.1 Å². The Kier molecular flexibility index (Phi) is 4.90. The molecular weight excluding hydrogens is 352 g/mol. The Morgan fingerprint density at radius 2 is 1.88 bits per heavy atom. The first-order chi connectivity index (χ1) is 12.0. The third-order valence-electron chi connectivity index (χ3n) is 3.16. The van der Waals surface area contributed by atoms with Crippen molar-refractivity contribution < 1.29 is 13.5 Å². The summed E-state index contributed by atoms with van der Waals surface area (Å²) in [5, 5.41) is 13.7. The molecule has 0 aliphatic carbocycles. The average Bonchev–Trinajstić information content (AvgIpc) is 2.58. The van der Waals surface area contributed by atoms with Crippen LogP contribution in [-0.4, -0.2) is 22.3 Å². The maximum atomic E-state index is 13.7. The predicted octanol–water partition coefficient (Wildman–Crippen LogP) is 4.30. The third-order valence-corrected chi connectivity index (χ3v) is 3.40. The van der Waals surface area contributed by atoms with Gasteiger partial charge in [-0.25, -0.2) is 8.78 Å². The lowest BCUT2D eigenvalue weighted by Gasteiger charge is -2.11. The summed E-state index contributed by atoms with van der Waals surface area (Å²) in [5.74, 6) is -0.511. The molecule has 9 heteroatoms. The Balaban J connectivity index is 1.83. The molecule has 1 aromatic heterocycles. The van der Waals surface area contributed by atoms with Crippen LogP contribution >= 0.6 is 11.6 Å². The number of ether oxygens (including phenoxy) is 1. The van der Waals surface area contributed by atoms with Gasteiger partial charge in [0.2, 0.25) is 5.95 Å². The van der Waals surface area contributed by atoms with Gasteiger partial charge in [0.25, 0.3) is 0 Å². The smallest absolute Gasteiger partial charge is 0.249 e. The molecule has 0 atom stereocenters. The Labute approximate surface area is 146 Å². The average molecular weight is 364 g/mol. The van der Waals surface area contributed by atoms with Crippen LogP contribution in [0.1, 0.15) is 0 Å². The van der Waals surface area contributed by atoms with Gasteiger partial charge in [-0.2, -0.15) is 10.1 Å². The highest BCUT2D eigenvalue weighted by atomic mass is 35.5. The van der Waals surface area contributed by atoms with Crippen LogP contribution in [0.3, 0.4) is 0 Å². The zero-order valence-electron chi connectivity index (χ0n) is 12.9. The molecule has 0 aliphatic heterocycles. The molecule has 0 aliphatic rings. The Morgan fingerprint density at radius 3 is 2.64 bits per heavy atom. The molecule has 3 aromatic rings. The van der Waals surface area contributed by atoms with E-state index in [0.29, 0.717) is 22.3 Å². The quantitative estimate of drug-likeness (QED) is 0.704. The minimum atomic E-state index is -0.765. The summed E-state index contributed by atoms with van der Waals surface area (Å²) in [7, 11) is 1.52. The van der Waals surface area contributed by atoms with E-state index in [9.17, 15) is 8.78 Å². The number of hydrogen-bond acceptors (Lipinski definition) is 6. The van der Waals surface area contributed by atoms with Crippen LogP contribution in [-0.2, 0) is 0 Å². The molecule has 3 rings (SSSR count). The van der Waals surface area contributed by atoms with Gasteiger partial charge < -0.3 is 15.4 Å². The van der Waals surface area contributed by atoms with Gasteiger partial charge in [0.15, 0.2) is 5.82 Å².